The van der Waals surface area contributed by atoms with Crippen molar-refractivity contribution in [1.29, 1.82) is 0 Å². The zero-order chi connectivity index (χ0) is 38.1. The zero-order valence-electron chi connectivity index (χ0n) is 28.1. The molecule has 6 rings (SSSR count). The summed E-state index contributed by atoms with van der Waals surface area (Å²) in [5.41, 5.74) is 6.74. The molecule has 3 aromatic rings. The number of aromatic hydroxyl groups is 2. The summed E-state index contributed by atoms with van der Waals surface area (Å²) in [6.07, 6.45) is 1.05. The Kier molecular flexibility index (Phi) is 10.9. The van der Waals surface area contributed by atoms with Crippen LogP contribution in [0.4, 0.5) is 18.4 Å². The molecule has 8 N–H and O–H groups in total. The molecule has 3 heterocycles. The van der Waals surface area contributed by atoms with Crippen LogP contribution >= 0.6 is 11.6 Å². The highest BCUT2D eigenvalue weighted by atomic mass is 35.5. The second-order valence-electron chi connectivity index (χ2n) is 13.0. The van der Waals surface area contributed by atoms with Gasteiger partial charge in [0.05, 0.1) is 11.0 Å². The molecule has 5 amide bonds. The number of imide groups is 1. The molecular formula is C34H36BClF2N6O9. The Labute approximate surface area is 307 Å². The van der Waals surface area contributed by atoms with Crippen LogP contribution in [0.1, 0.15) is 51.5 Å². The number of carbonyl (C=O) groups excluding carboxylic acids is 3. The number of amides is 5. The fraction of sp³-hybridized carbons (Fsp3) is 0.353. The smallest absolute Gasteiger partial charge is 0.534 e. The Morgan fingerprint density at radius 3 is 2.43 bits per heavy atom. The first-order valence-electron chi connectivity index (χ1n) is 16.8. The van der Waals surface area contributed by atoms with Crippen LogP contribution in [0, 0.1) is 11.6 Å². The molecule has 2 fully saturated rings. The number of aromatic carboxylic acids is 1. The molecule has 1 unspecified atom stereocenters. The lowest BCUT2D eigenvalue weighted by atomic mass is 9.72. The fourth-order valence-electron chi connectivity index (χ4n) is 6.93. The van der Waals surface area contributed by atoms with E-state index in [-0.39, 0.29) is 31.1 Å². The second kappa shape index (κ2) is 15.4. The van der Waals surface area contributed by atoms with E-state index in [9.17, 15) is 48.3 Å². The molecule has 0 aromatic heterocycles. The number of carboxylic acid groups (broad SMARTS) is 1. The number of rotatable bonds is 9. The molecule has 53 heavy (non-hydrogen) atoms. The van der Waals surface area contributed by atoms with E-state index in [4.69, 9.17) is 22.0 Å². The second-order valence-corrected chi connectivity index (χ2v) is 13.4. The number of nitrogens with two attached hydrogens (primary N) is 1. The van der Waals surface area contributed by atoms with Gasteiger partial charge in [-0.3, -0.25) is 9.69 Å². The molecule has 0 spiro atoms. The first-order chi connectivity index (χ1) is 25.3. The van der Waals surface area contributed by atoms with E-state index in [1.165, 1.54) is 6.07 Å². The Hall–Kier alpha value is -5.17. The third kappa shape index (κ3) is 7.66. The average Bonchev–Trinajstić information content (AvgIpc) is 3.52. The van der Waals surface area contributed by atoms with Crippen LogP contribution in [0.3, 0.4) is 0 Å². The maximum absolute atomic E-state index is 14.7. The standard InChI is InChI=1S/C34H36BClF2N6O9/c36-26-21(14-23(38)28(45)29(26)46)27(31(47)40-24-13-19-4-5-22(37)25(32(48)49)30(19)53-35(24)52)41-33(50)44-11-10-43(34(44)51)20-6-8-42(9-7-20)16-18-3-1-2-17(12-18)15-39/h1-5,12,14,20,24,27,45-46,52H,6-11,13,15-16,39H2,(H,40,47)(H,41,50)(H,48,49)/t24-,27?/m0/s1. The summed E-state index contributed by atoms with van der Waals surface area (Å²) >= 11 is 6.21. The predicted octanol–water partition coefficient (Wildman–Crippen LogP) is 2.48. The van der Waals surface area contributed by atoms with Gasteiger partial charge < -0.3 is 46.3 Å². The number of hydrogen-bond acceptors (Lipinski definition) is 10. The normalized spacial score (nSPS) is 18.4. The van der Waals surface area contributed by atoms with Gasteiger partial charge in [-0.05, 0) is 48.1 Å². The number of urea groups is 2. The number of nitrogens with one attached hydrogen (secondary N) is 2. The highest BCUT2D eigenvalue weighted by Crippen LogP contribution is 2.41. The first kappa shape index (κ1) is 37.6. The number of hydrogen-bond donors (Lipinski definition) is 7. The Bertz CT molecular complexity index is 1950. The third-order valence-corrected chi connectivity index (χ3v) is 10.1. The van der Waals surface area contributed by atoms with Crippen molar-refractivity contribution in [2.45, 2.75) is 50.4 Å². The molecule has 0 aliphatic carbocycles. The highest BCUT2D eigenvalue weighted by Gasteiger charge is 2.43. The number of benzene rings is 3. The molecule has 0 saturated carbocycles. The molecule has 2 atom stereocenters. The lowest BCUT2D eigenvalue weighted by Crippen LogP contribution is -2.56. The lowest BCUT2D eigenvalue weighted by molar-refractivity contribution is -0.123. The number of fused-ring (bicyclic) bond motifs is 1. The van der Waals surface area contributed by atoms with Crippen molar-refractivity contribution in [3.8, 4) is 17.2 Å². The van der Waals surface area contributed by atoms with Gasteiger partial charge in [0.1, 0.15) is 23.2 Å². The Morgan fingerprint density at radius 1 is 1.02 bits per heavy atom. The van der Waals surface area contributed by atoms with Gasteiger partial charge in [0.25, 0.3) is 0 Å². The van der Waals surface area contributed by atoms with Gasteiger partial charge in [0.15, 0.2) is 17.3 Å². The van der Waals surface area contributed by atoms with E-state index >= 15 is 0 Å². The molecule has 19 heteroatoms. The topological polar surface area (TPSA) is 218 Å². The number of phenolic OH excluding ortho intramolecular Hbond substituents is 2. The van der Waals surface area contributed by atoms with Crippen LogP contribution in [0.25, 0.3) is 0 Å². The fourth-order valence-corrected chi connectivity index (χ4v) is 7.18. The van der Waals surface area contributed by atoms with E-state index in [0.29, 0.717) is 38.5 Å². The number of piperidine rings is 1. The van der Waals surface area contributed by atoms with E-state index in [2.05, 4.69) is 21.6 Å². The number of carboxylic acids is 1. The summed E-state index contributed by atoms with van der Waals surface area (Å²) in [5.74, 6) is -9.33. The maximum atomic E-state index is 14.7. The van der Waals surface area contributed by atoms with Gasteiger partial charge in [-0.1, -0.05) is 41.9 Å². The predicted molar refractivity (Wildman–Crippen MR) is 185 cm³/mol. The van der Waals surface area contributed by atoms with Crippen molar-refractivity contribution in [2.24, 2.45) is 5.73 Å². The van der Waals surface area contributed by atoms with Crippen LogP contribution in [0.2, 0.25) is 5.02 Å². The Morgan fingerprint density at radius 2 is 1.74 bits per heavy atom. The summed E-state index contributed by atoms with van der Waals surface area (Å²) < 4.78 is 34.2. The molecule has 15 nitrogen and oxygen atoms in total. The zero-order valence-corrected chi connectivity index (χ0v) is 28.9. The van der Waals surface area contributed by atoms with Crippen LogP contribution < -0.4 is 21.0 Å². The highest BCUT2D eigenvalue weighted by molar-refractivity contribution is 6.47. The number of nitrogens with zero attached hydrogens (tertiary/aromatic N) is 3. The van der Waals surface area contributed by atoms with E-state index in [1.807, 2.05) is 18.2 Å². The molecule has 3 aromatic carbocycles. The Balaban J connectivity index is 1.16. The van der Waals surface area contributed by atoms with Gasteiger partial charge in [0.2, 0.25) is 5.91 Å². The van der Waals surface area contributed by atoms with Gasteiger partial charge in [-0.2, -0.15) is 0 Å². The summed E-state index contributed by atoms with van der Waals surface area (Å²) in [4.78, 5) is 57.4. The molecular weight excluding hydrogens is 721 g/mol. The van der Waals surface area contributed by atoms with Crippen LogP contribution in [0.5, 0.6) is 17.2 Å². The van der Waals surface area contributed by atoms with Gasteiger partial charge in [0, 0.05) is 50.9 Å². The quantitative estimate of drug-likeness (QED) is 0.124. The van der Waals surface area contributed by atoms with Crippen LogP contribution in [-0.4, -0.2) is 104 Å². The number of likely N-dealkylation sites (tertiary alicyclic amines) is 1. The number of phenols is 2. The monoisotopic (exact) mass is 756 g/mol. The lowest BCUT2D eigenvalue weighted by Gasteiger charge is -2.36. The summed E-state index contributed by atoms with van der Waals surface area (Å²) in [6, 6.07) is 7.00. The minimum atomic E-state index is -1.91. The van der Waals surface area contributed by atoms with Gasteiger partial charge >= 0.3 is 25.1 Å². The van der Waals surface area contributed by atoms with E-state index in [1.54, 1.807) is 4.90 Å². The van der Waals surface area contributed by atoms with Gasteiger partial charge in [-0.25, -0.2) is 28.1 Å². The maximum Gasteiger partial charge on any atom is 0.547 e. The SMILES string of the molecule is NCc1cccc(CN2CCC(N3CCN(C(=O)NC(C(=O)N[C@H]4Cc5ccc(F)c(C(=O)O)c5OB4O)c4cc(F)c(O)c(O)c4Cl)C3=O)CC2)c1. The number of carbonyl (C=O) groups is 4. The minimum Gasteiger partial charge on any atom is -0.534 e. The van der Waals surface area contributed by atoms with E-state index < -0.39 is 88.1 Å². The molecule has 2 saturated heterocycles. The van der Waals surface area contributed by atoms with Crippen molar-refractivity contribution in [3.05, 3.63) is 86.9 Å². The summed E-state index contributed by atoms with van der Waals surface area (Å²) in [5, 5.41) is 44.4. The van der Waals surface area contributed by atoms with Crippen LogP contribution in [-0.2, 0) is 24.3 Å². The number of halogens is 3. The molecule has 3 aliphatic rings. The van der Waals surface area contributed by atoms with Crippen molar-refractivity contribution in [3.63, 3.8) is 0 Å². The largest absolute Gasteiger partial charge is 0.547 e. The van der Waals surface area contributed by atoms with Crippen molar-refractivity contribution < 1.29 is 53.0 Å². The average molecular weight is 757 g/mol. The third-order valence-electron chi connectivity index (χ3n) is 9.71. The molecule has 0 radical (unpaired) electrons. The van der Waals surface area contributed by atoms with Crippen molar-refractivity contribution >= 4 is 42.7 Å². The van der Waals surface area contributed by atoms with Crippen molar-refractivity contribution in [1.82, 2.24) is 25.3 Å². The van der Waals surface area contributed by atoms with Gasteiger partial charge in [-0.15, -0.1) is 0 Å². The molecule has 0 bridgehead atoms. The molecule has 3 aliphatic heterocycles. The van der Waals surface area contributed by atoms with E-state index in [0.717, 1.165) is 28.6 Å². The van der Waals surface area contributed by atoms with Crippen LogP contribution in [0.15, 0.2) is 42.5 Å². The summed E-state index contributed by atoms with van der Waals surface area (Å²) in [7, 11) is -1.90. The van der Waals surface area contributed by atoms with Crippen molar-refractivity contribution in [2.75, 3.05) is 26.2 Å². The minimum absolute atomic E-state index is 0.0392. The first-order valence-corrected chi connectivity index (χ1v) is 17.1. The molecule has 280 valence electrons. The summed E-state index contributed by atoms with van der Waals surface area (Å²) in [6.45, 7) is 2.75.